The lowest BCUT2D eigenvalue weighted by Crippen LogP contribution is -2.66. The Morgan fingerprint density at radius 2 is 1.84 bits per heavy atom. The van der Waals surface area contributed by atoms with Gasteiger partial charge in [0.2, 0.25) is 0 Å². The molecule has 2 aliphatic heterocycles. The minimum absolute atomic E-state index is 0.154. The number of amides is 1. The number of nitrogens with zero attached hydrogens (tertiary/aromatic N) is 4. The maximum Gasteiger partial charge on any atom is 0.260 e. The molecule has 1 fully saturated rings. The van der Waals surface area contributed by atoms with Crippen molar-refractivity contribution in [3.8, 4) is 0 Å². The molecule has 31 heavy (non-hydrogen) atoms. The van der Waals surface area contributed by atoms with Crippen molar-refractivity contribution in [3.05, 3.63) is 77.0 Å². The first kappa shape index (κ1) is 21.7. The van der Waals surface area contributed by atoms with Gasteiger partial charge in [0.25, 0.3) is 11.0 Å². The number of rotatable bonds is 3. The Morgan fingerprint density at radius 3 is 2.48 bits per heavy atom. The molecular formula is C22H25ClN6OS. The number of carbonyl (C=O) groups is 1. The van der Waals surface area contributed by atoms with Crippen LogP contribution in [0, 0.1) is 0 Å². The maximum absolute atomic E-state index is 13.4. The summed E-state index contributed by atoms with van der Waals surface area (Å²) in [5.74, 6) is -0.154. The molecular weight excluding hydrogens is 432 g/mol. The largest absolute Gasteiger partial charge is 0.383 e. The van der Waals surface area contributed by atoms with Gasteiger partial charge in [0.1, 0.15) is 5.04 Å². The molecule has 0 aliphatic carbocycles. The molecule has 2 aromatic rings. The Balaban J connectivity index is 1.80. The van der Waals surface area contributed by atoms with E-state index in [-0.39, 0.29) is 11.9 Å². The van der Waals surface area contributed by atoms with E-state index >= 15 is 0 Å². The molecule has 4 rings (SSSR count). The van der Waals surface area contributed by atoms with Crippen LogP contribution in [0.5, 0.6) is 0 Å². The SMILES string of the molecule is CC1NN(C)C2(NC(=O)/C1=C/N(C)C)SC(c1ccc(Cl)cc1)=NN2c1ccccc1. The molecule has 162 valence electrons. The first-order valence-corrected chi connectivity index (χ1v) is 11.1. The summed E-state index contributed by atoms with van der Waals surface area (Å²) in [5, 5.41) is 12.3. The summed E-state index contributed by atoms with van der Waals surface area (Å²) < 4.78 is 0. The second-order valence-corrected chi connectivity index (χ2v) is 9.28. The van der Waals surface area contributed by atoms with Crippen molar-refractivity contribution in [2.45, 2.75) is 18.1 Å². The zero-order valence-electron chi connectivity index (χ0n) is 17.8. The lowest BCUT2D eigenvalue weighted by molar-refractivity contribution is -0.119. The third-order valence-electron chi connectivity index (χ3n) is 5.05. The average molecular weight is 457 g/mol. The molecule has 9 heteroatoms. The molecule has 2 aromatic carbocycles. The van der Waals surface area contributed by atoms with Gasteiger partial charge in [0.05, 0.1) is 17.3 Å². The van der Waals surface area contributed by atoms with Gasteiger partial charge in [0, 0.05) is 37.9 Å². The summed E-state index contributed by atoms with van der Waals surface area (Å²) in [6, 6.07) is 17.2. The van der Waals surface area contributed by atoms with Gasteiger partial charge >= 0.3 is 0 Å². The van der Waals surface area contributed by atoms with E-state index in [9.17, 15) is 4.79 Å². The number of anilines is 1. The summed E-state index contributed by atoms with van der Waals surface area (Å²) in [4.78, 5) is 15.2. The van der Waals surface area contributed by atoms with Crippen molar-refractivity contribution in [3.63, 3.8) is 0 Å². The van der Waals surface area contributed by atoms with Gasteiger partial charge in [-0.15, -0.1) is 0 Å². The van der Waals surface area contributed by atoms with Crippen LogP contribution < -0.4 is 15.8 Å². The molecule has 1 amide bonds. The summed E-state index contributed by atoms with van der Waals surface area (Å²) in [6.07, 6.45) is 1.84. The van der Waals surface area contributed by atoms with Gasteiger partial charge in [-0.2, -0.15) is 10.1 Å². The van der Waals surface area contributed by atoms with Gasteiger partial charge in [-0.1, -0.05) is 41.9 Å². The van der Waals surface area contributed by atoms with Crippen LogP contribution in [0.1, 0.15) is 12.5 Å². The molecule has 2 heterocycles. The maximum atomic E-state index is 13.4. The normalized spacial score (nSPS) is 25.5. The fraction of sp³-hybridized carbons (Fsp3) is 0.273. The molecule has 1 saturated heterocycles. The number of benzene rings is 2. The lowest BCUT2D eigenvalue weighted by atomic mass is 10.1. The topological polar surface area (TPSA) is 63.2 Å². The van der Waals surface area contributed by atoms with E-state index in [1.807, 2.05) is 104 Å². The Bertz CT molecular complexity index is 1030. The van der Waals surface area contributed by atoms with Crippen molar-refractivity contribution in [2.24, 2.45) is 5.10 Å². The van der Waals surface area contributed by atoms with Gasteiger partial charge in [0.15, 0.2) is 0 Å². The fourth-order valence-electron chi connectivity index (χ4n) is 3.55. The average Bonchev–Trinajstić information content (AvgIpc) is 3.09. The number of hydrogen-bond donors (Lipinski definition) is 2. The van der Waals surface area contributed by atoms with Crippen molar-refractivity contribution in [2.75, 3.05) is 26.2 Å². The minimum Gasteiger partial charge on any atom is -0.383 e. The highest BCUT2D eigenvalue weighted by atomic mass is 35.5. The predicted molar refractivity (Wildman–Crippen MR) is 128 cm³/mol. The second kappa shape index (κ2) is 8.55. The van der Waals surface area contributed by atoms with Gasteiger partial charge in [-0.05, 0) is 43.0 Å². The van der Waals surface area contributed by atoms with Crippen molar-refractivity contribution >= 4 is 40.0 Å². The predicted octanol–water partition coefficient (Wildman–Crippen LogP) is 3.27. The van der Waals surface area contributed by atoms with Crippen LogP contribution in [-0.4, -0.2) is 53.2 Å². The number of hydrazine groups is 1. The quantitative estimate of drug-likeness (QED) is 0.691. The number of thioether (sulfide) groups is 1. The third-order valence-corrected chi connectivity index (χ3v) is 6.65. The van der Waals surface area contributed by atoms with E-state index in [1.165, 1.54) is 11.8 Å². The van der Waals surface area contributed by atoms with Crippen LogP contribution in [0.2, 0.25) is 5.02 Å². The number of para-hydroxylation sites is 1. The van der Waals surface area contributed by atoms with E-state index in [0.717, 1.165) is 16.3 Å². The highest BCUT2D eigenvalue weighted by Gasteiger charge is 2.52. The Labute approximate surface area is 191 Å². The van der Waals surface area contributed by atoms with E-state index in [1.54, 1.807) is 0 Å². The number of nitrogens with one attached hydrogen (secondary N) is 2. The summed E-state index contributed by atoms with van der Waals surface area (Å²) >= 11 is 7.55. The Hall–Kier alpha value is -2.52. The standard InChI is InChI=1S/C22H25ClN6OS/c1-15-19(14-27(2)3)20(30)24-22(28(4)25-15)29(18-8-6-5-7-9-18)26-21(31-22)16-10-12-17(23)13-11-16/h5-15,25H,1-4H3,(H,24,30)/b19-14+. The molecule has 0 bridgehead atoms. The number of hydrazone groups is 1. The Morgan fingerprint density at radius 1 is 1.16 bits per heavy atom. The Kier molecular flexibility index (Phi) is 5.98. The molecule has 2 N–H and O–H groups in total. The number of hydrogen-bond acceptors (Lipinski definition) is 7. The van der Waals surface area contributed by atoms with Crippen LogP contribution >= 0.6 is 23.4 Å². The van der Waals surface area contributed by atoms with E-state index in [2.05, 4.69) is 10.7 Å². The molecule has 1 spiro atoms. The van der Waals surface area contributed by atoms with E-state index < -0.39 is 5.12 Å². The fourth-order valence-corrected chi connectivity index (χ4v) is 4.89. The minimum atomic E-state index is -0.996. The highest BCUT2D eigenvalue weighted by Crippen LogP contribution is 2.43. The number of carbonyl (C=O) groups excluding carboxylic acids is 1. The van der Waals surface area contributed by atoms with Crippen LogP contribution in [0.4, 0.5) is 5.69 Å². The summed E-state index contributed by atoms with van der Waals surface area (Å²) in [6.45, 7) is 1.97. The molecule has 2 atom stereocenters. The zero-order valence-corrected chi connectivity index (χ0v) is 19.4. The van der Waals surface area contributed by atoms with E-state index in [4.69, 9.17) is 16.7 Å². The first-order valence-electron chi connectivity index (χ1n) is 9.89. The molecule has 2 aliphatic rings. The van der Waals surface area contributed by atoms with Crippen LogP contribution in [0.15, 0.2) is 71.5 Å². The summed E-state index contributed by atoms with van der Waals surface area (Å²) in [5.41, 5.74) is 5.87. The van der Waals surface area contributed by atoms with Crippen molar-refractivity contribution < 1.29 is 4.79 Å². The second-order valence-electron chi connectivity index (χ2n) is 7.68. The summed E-state index contributed by atoms with van der Waals surface area (Å²) in [7, 11) is 5.72. The van der Waals surface area contributed by atoms with Gasteiger partial charge in [-0.3, -0.25) is 4.79 Å². The number of halogens is 1. The molecule has 0 aromatic heterocycles. The molecule has 0 radical (unpaired) electrons. The molecule has 0 saturated carbocycles. The smallest absolute Gasteiger partial charge is 0.260 e. The van der Waals surface area contributed by atoms with Crippen LogP contribution in [0.25, 0.3) is 0 Å². The van der Waals surface area contributed by atoms with Crippen molar-refractivity contribution in [1.82, 2.24) is 20.7 Å². The first-order chi connectivity index (χ1) is 14.8. The van der Waals surface area contributed by atoms with E-state index in [0.29, 0.717) is 10.6 Å². The monoisotopic (exact) mass is 456 g/mol. The van der Waals surface area contributed by atoms with Crippen LogP contribution in [0.3, 0.4) is 0 Å². The third kappa shape index (κ3) is 4.16. The highest BCUT2D eigenvalue weighted by molar-refractivity contribution is 8.15. The van der Waals surface area contributed by atoms with Crippen LogP contribution in [-0.2, 0) is 4.79 Å². The molecule has 7 nitrogen and oxygen atoms in total. The zero-order chi connectivity index (χ0) is 22.2. The van der Waals surface area contributed by atoms with Gasteiger partial charge in [-0.25, -0.2) is 10.4 Å². The van der Waals surface area contributed by atoms with Crippen molar-refractivity contribution in [1.29, 1.82) is 0 Å². The lowest BCUT2D eigenvalue weighted by Gasteiger charge is -2.42. The molecule has 2 unspecified atom stereocenters. The van der Waals surface area contributed by atoms with Gasteiger partial charge < -0.3 is 10.2 Å².